The van der Waals surface area contributed by atoms with Gasteiger partial charge in [0.1, 0.15) is 11.5 Å². The van der Waals surface area contributed by atoms with E-state index in [1.54, 1.807) is 12.1 Å². The molecule has 1 aromatic carbocycles. The van der Waals surface area contributed by atoms with E-state index >= 15 is 0 Å². The Bertz CT molecular complexity index is 685. The number of benzene rings is 1. The van der Waals surface area contributed by atoms with E-state index in [0.29, 0.717) is 11.5 Å². The van der Waals surface area contributed by atoms with Gasteiger partial charge in [-0.3, -0.25) is 0 Å². The second-order valence-corrected chi connectivity index (χ2v) is 3.82. The first-order valence-corrected chi connectivity index (χ1v) is 5.65. The minimum Gasteiger partial charge on any atom is -0.496 e. The number of hydrogen-bond acceptors (Lipinski definition) is 3. The van der Waals surface area contributed by atoms with E-state index in [9.17, 15) is 4.79 Å². The molecule has 2 aromatic rings. The van der Waals surface area contributed by atoms with Crippen LogP contribution in [0.25, 0.3) is 12.2 Å². The summed E-state index contributed by atoms with van der Waals surface area (Å²) in [6.07, 6.45) is 8.82. The quantitative estimate of drug-likeness (QED) is 0.788. The van der Waals surface area contributed by atoms with Crippen LogP contribution < -0.4 is 10.4 Å². The molecule has 0 fully saturated rings. The molecule has 94 valence electrons. The smallest absolute Gasteiger partial charge is 0.339 e. The van der Waals surface area contributed by atoms with Crippen molar-refractivity contribution in [2.45, 2.75) is 0 Å². The Morgan fingerprint density at radius 3 is 2.58 bits per heavy atom. The highest BCUT2D eigenvalue weighted by Gasteiger charge is 1.98. The van der Waals surface area contributed by atoms with Crippen molar-refractivity contribution < 1.29 is 9.15 Å². The van der Waals surface area contributed by atoms with Crippen LogP contribution in [0.2, 0.25) is 0 Å². The van der Waals surface area contributed by atoms with Crippen LogP contribution in [0.1, 0.15) is 16.9 Å². The predicted molar refractivity (Wildman–Crippen MR) is 74.8 cm³/mol. The molecular weight excluding hydrogens is 240 g/mol. The minimum atomic E-state index is -0.443. The van der Waals surface area contributed by atoms with Gasteiger partial charge in [0, 0.05) is 11.6 Å². The number of rotatable bonds is 3. The molecular formula is C16H12O3. The summed E-state index contributed by atoms with van der Waals surface area (Å²) in [4.78, 5) is 11.3. The van der Waals surface area contributed by atoms with Gasteiger partial charge in [0.15, 0.2) is 0 Å². The van der Waals surface area contributed by atoms with Gasteiger partial charge in [-0.2, -0.15) is 0 Å². The van der Waals surface area contributed by atoms with Crippen molar-refractivity contribution in [3.8, 4) is 18.1 Å². The van der Waals surface area contributed by atoms with Gasteiger partial charge in [0.25, 0.3) is 0 Å². The molecule has 0 saturated carbocycles. The summed E-state index contributed by atoms with van der Waals surface area (Å²) >= 11 is 0. The van der Waals surface area contributed by atoms with Crippen molar-refractivity contribution in [3.05, 3.63) is 63.7 Å². The molecule has 19 heavy (non-hydrogen) atoms. The second kappa shape index (κ2) is 5.74. The molecule has 0 N–H and O–H groups in total. The van der Waals surface area contributed by atoms with E-state index < -0.39 is 5.63 Å². The highest BCUT2D eigenvalue weighted by molar-refractivity contribution is 5.68. The van der Waals surface area contributed by atoms with Gasteiger partial charge in [-0.25, -0.2) is 4.79 Å². The van der Waals surface area contributed by atoms with Crippen molar-refractivity contribution in [2.24, 2.45) is 0 Å². The maximum Gasteiger partial charge on any atom is 0.339 e. The molecule has 0 amide bonds. The fourth-order valence-corrected chi connectivity index (χ4v) is 1.54. The van der Waals surface area contributed by atoms with Crippen LogP contribution in [0.4, 0.5) is 0 Å². The van der Waals surface area contributed by atoms with Crippen LogP contribution in [0.5, 0.6) is 5.75 Å². The average molecular weight is 252 g/mol. The monoisotopic (exact) mass is 252 g/mol. The highest BCUT2D eigenvalue weighted by Crippen LogP contribution is 2.13. The normalized spacial score (nSPS) is 10.3. The number of hydrogen-bond donors (Lipinski definition) is 0. The summed E-state index contributed by atoms with van der Waals surface area (Å²) in [5.41, 5.74) is 1.34. The first-order chi connectivity index (χ1) is 9.21. The summed E-state index contributed by atoms with van der Waals surface area (Å²) in [5.74, 6) is 3.46. The third-order valence-electron chi connectivity index (χ3n) is 2.52. The summed E-state index contributed by atoms with van der Waals surface area (Å²) < 4.78 is 10.0. The summed E-state index contributed by atoms with van der Waals surface area (Å²) in [5, 5.41) is 0. The predicted octanol–water partition coefficient (Wildman–Crippen LogP) is 2.80. The SMILES string of the molecule is C#Cc1ccc(/C=C/c2cc(OC)cc(=O)o2)cc1. The molecule has 1 aromatic heterocycles. The largest absolute Gasteiger partial charge is 0.496 e. The molecule has 0 aliphatic heterocycles. The van der Waals surface area contributed by atoms with Crippen LogP contribution in [-0.4, -0.2) is 7.11 Å². The molecule has 0 aliphatic rings. The average Bonchev–Trinajstić information content (AvgIpc) is 2.45. The summed E-state index contributed by atoms with van der Waals surface area (Å²) in [6.45, 7) is 0. The van der Waals surface area contributed by atoms with Gasteiger partial charge >= 0.3 is 5.63 Å². The Labute approximate surface area is 111 Å². The van der Waals surface area contributed by atoms with E-state index in [0.717, 1.165) is 11.1 Å². The van der Waals surface area contributed by atoms with E-state index in [4.69, 9.17) is 15.6 Å². The lowest BCUT2D eigenvalue weighted by atomic mass is 10.1. The highest BCUT2D eigenvalue weighted by atomic mass is 16.5. The number of methoxy groups -OCH3 is 1. The van der Waals surface area contributed by atoms with Gasteiger partial charge in [-0.05, 0) is 23.8 Å². The second-order valence-electron chi connectivity index (χ2n) is 3.82. The maximum atomic E-state index is 11.3. The molecule has 0 unspecified atom stereocenters. The maximum absolute atomic E-state index is 11.3. The fourth-order valence-electron chi connectivity index (χ4n) is 1.54. The van der Waals surface area contributed by atoms with Gasteiger partial charge in [0.2, 0.25) is 0 Å². The van der Waals surface area contributed by atoms with Crippen molar-refractivity contribution in [1.29, 1.82) is 0 Å². The molecule has 3 nitrogen and oxygen atoms in total. The zero-order valence-corrected chi connectivity index (χ0v) is 10.4. The molecule has 0 bridgehead atoms. The van der Waals surface area contributed by atoms with Gasteiger partial charge < -0.3 is 9.15 Å². The van der Waals surface area contributed by atoms with E-state index in [-0.39, 0.29) is 0 Å². The molecule has 0 aliphatic carbocycles. The first-order valence-electron chi connectivity index (χ1n) is 5.65. The van der Waals surface area contributed by atoms with Gasteiger partial charge in [0.05, 0.1) is 13.2 Å². The fraction of sp³-hybridized carbons (Fsp3) is 0.0625. The Hall–Kier alpha value is -2.73. The van der Waals surface area contributed by atoms with Crippen LogP contribution in [0, 0.1) is 12.3 Å². The Morgan fingerprint density at radius 2 is 1.95 bits per heavy atom. The van der Waals surface area contributed by atoms with Crippen molar-refractivity contribution in [1.82, 2.24) is 0 Å². The topological polar surface area (TPSA) is 39.4 Å². The van der Waals surface area contributed by atoms with Gasteiger partial charge in [-0.1, -0.05) is 24.1 Å². The van der Waals surface area contributed by atoms with E-state index in [1.165, 1.54) is 13.2 Å². The lowest BCUT2D eigenvalue weighted by Crippen LogP contribution is -1.98. The van der Waals surface area contributed by atoms with Crippen LogP contribution in [-0.2, 0) is 0 Å². The lowest BCUT2D eigenvalue weighted by molar-refractivity contribution is 0.400. The van der Waals surface area contributed by atoms with Crippen LogP contribution in [0.3, 0.4) is 0 Å². The summed E-state index contributed by atoms with van der Waals surface area (Å²) in [6, 6.07) is 10.4. The molecule has 0 saturated heterocycles. The standard InChI is InChI=1S/C16H12O3/c1-3-12-4-6-13(7-5-12)8-9-14-10-15(18-2)11-16(17)19-14/h1,4-11H,2H3/b9-8+. The Kier molecular flexibility index (Phi) is 3.84. The van der Waals surface area contributed by atoms with Crippen LogP contribution >= 0.6 is 0 Å². The minimum absolute atomic E-state index is 0.436. The van der Waals surface area contributed by atoms with Crippen molar-refractivity contribution >= 4 is 12.2 Å². The molecule has 2 rings (SSSR count). The lowest BCUT2D eigenvalue weighted by Gasteiger charge is -1.99. The molecule has 3 heteroatoms. The van der Waals surface area contributed by atoms with Crippen molar-refractivity contribution in [3.63, 3.8) is 0 Å². The molecule has 0 spiro atoms. The number of ether oxygens (including phenoxy) is 1. The van der Waals surface area contributed by atoms with Crippen LogP contribution in [0.15, 0.2) is 45.6 Å². The third-order valence-corrected chi connectivity index (χ3v) is 2.52. The Balaban J connectivity index is 2.24. The zero-order valence-electron chi connectivity index (χ0n) is 10.4. The third kappa shape index (κ3) is 3.36. The zero-order chi connectivity index (χ0) is 13.7. The molecule has 0 atom stereocenters. The van der Waals surface area contributed by atoms with Crippen molar-refractivity contribution in [2.75, 3.05) is 7.11 Å². The van der Waals surface area contributed by atoms with E-state index in [2.05, 4.69) is 5.92 Å². The van der Waals surface area contributed by atoms with E-state index in [1.807, 2.05) is 30.3 Å². The Morgan fingerprint density at radius 1 is 1.21 bits per heavy atom. The summed E-state index contributed by atoms with van der Waals surface area (Å²) in [7, 11) is 1.50. The number of terminal acetylenes is 1. The molecule has 0 radical (unpaired) electrons. The van der Waals surface area contributed by atoms with Gasteiger partial charge in [-0.15, -0.1) is 6.42 Å². The first kappa shape index (κ1) is 12.7. The molecule has 1 heterocycles.